The van der Waals surface area contributed by atoms with Gasteiger partial charge in [-0.1, -0.05) is 29.8 Å². The standard InChI is InChI=1S/C21H21N7O4S/c1-12-7-9-14(10-8-12)24-21-26-17(25-20(22)27-21)11-32-19(29)13(2)23-18-15-5-3-4-6-16(15)33(30,31)28-18/h3-10,13H,11H2,1-2H3,(H,23,28)(H3,22,24,25,26,27)/t13-/m0/s1. The summed E-state index contributed by atoms with van der Waals surface area (Å²) in [4.78, 5) is 29.0. The fourth-order valence-corrected chi connectivity index (χ4v) is 4.30. The first-order valence-electron chi connectivity index (χ1n) is 9.92. The molecule has 2 aromatic carbocycles. The summed E-state index contributed by atoms with van der Waals surface area (Å²) in [7, 11) is -3.70. The molecule has 11 nitrogen and oxygen atoms in total. The van der Waals surface area contributed by atoms with E-state index in [1.54, 1.807) is 18.2 Å². The molecule has 0 aliphatic carbocycles. The molecule has 0 spiro atoms. The average molecular weight is 468 g/mol. The fourth-order valence-electron chi connectivity index (χ4n) is 3.06. The van der Waals surface area contributed by atoms with Crippen molar-refractivity contribution in [2.24, 2.45) is 4.99 Å². The summed E-state index contributed by atoms with van der Waals surface area (Å²) >= 11 is 0. The second-order valence-electron chi connectivity index (χ2n) is 7.29. The van der Waals surface area contributed by atoms with Crippen molar-refractivity contribution in [1.82, 2.24) is 19.7 Å². The van der Waals surface area contributed by atoms with Crippen molar-refractivity contribution in [1.29, 1.82) is 0 Å². The molecule has 0 fully saturated rings. The van der Waals surface area contributed by atoms with Gasteiger partial charge in [0.25, 0.3) is 10.0 Å². The second kappa shape index (κ2) is 8.82. The number of anilines is 3. The topological polar surface area (TPSA) is 162 Å². The summed E-state index contributed by atoms with van der Waals surface area (Å²) in [5, 5.41) is 3.02. The molecular formula is C21H21N7O4S. The van der Waals surface area contributed by atoms with Gasteiger partial charge in [0.15, 0.2) is 12.4 Å². The smallest absolute Gasteiger partial charge is 0.331 e. The predicted molar refractivity (Wildman–Crippen MR) is 121 cm³/mol. The zero-order valence-electron chi connectivity index (χ0n) is 17.8. The van der Waals surface area contributed by atoms with E-state index < -0.39 is 22.0 Å². The Morgan fingerprint density at radius 3 is 2.64 bits per heavy atom. The van der Waals surface area contributed by atoms with Gasteiger partial charge in [0.2, 0.25) is 11.9 Å². The van der Waals surface area contributed by atoms with E-state index in [2.05, 4.69) is 30.0 Å². The van der Waals surface area contributed by atoms with Crippen molar-refractivity contribution in [3.05, 3.63) is 65.5 Å². The lowest BCUT2D eigenvalue weighted by Gasteiger charge is -2.10. The summed E-state index contributed by atoms with van der Waals surface area (Å²) in [5.74, 6) is -0.266. The molecule has 1 aromatic heterocycles. The van der Waals surface area contributed by atoms with E-state index in [0.29, 0.717) is 5.56 Å². The van der Waals surface area contributed by atoms with E-state index in [-0.39, 0.29) is 35.1 Å². The van der Waals surface area contributed by atoms with Crippen molar-refractivity contribution in [3.8, 4) is 0 Å². The Morgan fingerprint density at radius 2 is 1.88 bits per heavy atom. The molecule has 0 amide bonds. The number of nitrogens with two attached hydrogens (primary N) is 1. The van der Waals surface area contributed by atoms with Crippen LogP contribution in [-0.2, 0) is 26.2 Å². The average Bonchev–Trinajstić information content (AvgIpc) is 3.03. The number of aliphatic imine (C=N–C) groups is 1. The first-order valence-corrected chi connectivity index (χ1v) is 11.4. The zero-order chi connectivity index (χ0) is 23.6. The summed E-state index contributed by atoms with van der Waals surface area (Å²) in [6.07, 6.45) is 0. The number of benzene rings is 2. The maximum atomic E-state index is 12.4. The van der Waals surface area contributed by atoms with Crippen molar-refractivity contribution in [3.63, 3.8) is 0 Å². The molecule has 1 aliphatic rings. The van der Waals surface area contributed by atoms with Crippen LogP contribution >= 0.6 is 0 Å². The Balaban J connectivity index is 1.43. The van der Waals surface area contributed by atoms with Crippen LogP contribution in [0.1, 0.15) is 23.9 Å². The van der Waals surface area contributed by atoms with Gasteiger partial charge >= 0.3 is 5.97 Å². The molecule has 4 N–H and O–H groups in total. The summed E-state index contributed by atoms with van der Waals surface area (Å²) in [5.41, 5.74) is 8.02. The van der Waals surface area contributed by atoms with Gasteiger partial charge < -0.3 is 15.8 Å². The van der Waals surface area contributed by atoms with Gasteiger partial charge in [0, 0.05) is 11.3 Å². The number of carbonyl (C=O) groups is 1. The molecule has 0 saturated heterocycles. The van der Waals surface area contributed by atoms with E-state index in [1.165, 1.54) is 13.0 Å². The molecule has 2 heterocycles. The molecule has 0 bridgehead atoms. The van der Waals surface area contributed by atoms with E-state index in [0.717, 1.165) is 11.3 Å². The highest BCUT2D eigenvalue weighted by Crippen LogP contribution is 2.22. The zero-order valence-corrected chi connectivity index (χ0v) is 18.6. The number of hydrogen-bond donors (Lipinski definition) is 3. The molecule has 33 heavy (non-hydrogen) atoms. The number of nitrogen functional groups attached to an aromatic ring is 1. The molecule has 0 unspecified atom stereocenters. The lowest BCUT2D eigenvalue weighted by atomic mass is 10.2. The van der Waals surface area contributed by atoms with Crippen LogP contribution < -0.4 is 15.8 Å². The highest BCUT2D eigenvalue weighted by molar-refractivity contribution is 7.90. The second-order valence-corrected chi connectivity index (χ2v) is 8.94. The molecule has 1 aliphatic heterocycles. The predicted octanol–water partition coefficient (Wildman–Crippen LogP) is 1.68. The Hall–Kier alpha value is -4.06. The summed E-state index contributed by atoms with van der Waals surface area (Å²) in [6, 6.07) is 13.0. The van der Waals surface area contributed by atoms with Crippen LogP contribution in [0.15, 0.2) is 58.4 Å². The number of rotatable bonds is 6. The van der Waals surface area contributed by atoms with E-state index in [9.17, 15) is 13.2 Å². The first kappa shape index (κ1) is 22.1. The van der Waals surface area contributed by atoms with Gasteiger partial charge in [-0.25, -0.2) is 13.2 Å². The fraction of sp³-hybridized carbons (Fsp3) is 0.190. The number of hydrogen-bond acceptors (Lipinski definition) is 10. The van der Waals surface area contributed by atoms with E-state index in [4.69, 9.17) is 10.5 Å². The van der Waals surface area contributed by atoms with Crippen LogP contribution in [-0.4, -0.2) is 41.2 Å². The number of aryl methyl sites for hydroxylation is 1. The third kappa shape index (κ3) is 5.06. The number of nitrogens with zero attached hydrogens (tertiary/aromatic N) is 4. The molecule has 0 saturated carbocycles. The quantitative estimate of drug-likeness (QED) is 0.458. The number of ether oxygens (including phenoxy) is 1. The maximum absolute atomic E-state index is 12.4. The number of aromatic nitrogens is 3. The van der Waals surface area contributed by atoms with Crippen LogP contribution in [0.4, 0.5) is 17.6 Å². The van der Waals surface area contributed by atoms with Gasteiger partial charge in [-0.05, 0) is 38.1 Å². The highest BCUT2D eigenvalue weighted by Gasteiger charge is 2.31. The van der Waals surface area contributed by atoms with Crippen LogP contribution in [0.25, 0.3) is 0 Å². The van der Waals surface area contributed by atoms with Crippen LogP contribution in [0.2, 0.25) is 0 Å². The van der Waals surface area contributed by atoms with Gasteiger partial charge in [0.05, 0.1) is 4.90 Å². The maximum Gasteiger partial charge on any atom is 0.331 e. The molecular weight excluding hydrogens is 446 g/mol. The first-order chi connectivity index (χ1) is 15.7. The third-order valence-corrected chi connectivity index (χ3v) is 6.07. The van der Waals surface area contributed by atoms with Crippen molar-refractivity contribution in [2.45, 2.75) is 31.4 Å². The minimum absolute atomic E-state index is 0.0316. The van der Waals surface area contributed by atoms with Crippen LogP contribution in [0, 0.1) is 6.92 Å². The summed E-state index contributed by atoms with van der Waals surface area (Å²) < 4.78 is 32.0. The van der Waals surface area contributed by atoms with Crippen LogP contribution in [0.5, 0.6) is 0 Å². The lowest BCUT2D eigenvalue weighted by Crippen LogP contribution is -2.26. The number of sulfonamides is 1. The van der Waals surface area contributed by atoms with Gasteiger partial charge in [0.1, 0.15) is 11.9 Å². The molecule has 170 valence electrons. The Morgan fingerprint density at radius 1 is 1.15 bits per heavy atom. The third-order valence-electron chi connectivity index (χ3n) is 4.68. The van der Waals surface area contributed by atoms with E-state index in [1.807, 2.05) is 31.2 Å². The largest absolute Gasteiger partial charge is 0.456 e. The number of esters is 1. The Bertz CT molecular complexity index is 1340. The van der Waals surface area contributed by atoms with Gasteiger partial charge in [-0.3, -0.25) is 9.71 Å². The SMILES string of the molecule is Cc1ccc(Nc2nc(N)nc(COC(=O)[C@H](C)N=C3NS(=O)(=O)c4ccccc43)n2)cc1. The molecule has 0 radical (unpaired) electrons. The monoisotopic (exact) mass is 467 g/mol. The molecule has 4 rings (SSSR count). The Kier molecular flexibility index (Phi) is 5.92. The highest BCUT2D eigenvalue weighted by atomic mass is 32.2. The number of carbonyl (C=O) groups excluding carboxylic acids is 1. The van der Waals surface area contributed by atoms with Crippen molar-refractivity contribution in [2.75, 3.05) is 11.1 Å². The minimum Gasteiger partial charge on any atom is -0.456 e. The molecule has 1 atom stereocenters. The number of amidine groups is 1. The normalized spacial score (nSPS) is 16.0. The number of nitrogens with one attached hydrogen (secondary N) is 2. The van der Waals surface area contributed by atoms with Gasteiger partial charge in [-0.15, -0.1) is 0 Å². The summed E-state index contributed by atoms with van der Waals surface area (Å²) in [6.45, 7) is 3.21. The Labute approximate surface area is 190 Å². The van der Waals surface area contributed by atoms with Crippen molar-refractivity contribution < 1.29 is 17.9 Å². The molecule has 12 heteroatoms. The molecule has 3 aromatic rings. The van der Waals surface area contributed by atoms with Crippen LogP contribution in [0.3, 0.4) is 0 Å². The lowest BCUT2D eigenvalue weighted by molar-refractivity contribution is -0.146. The van der Waals surface area contributed by atoms with Gasteiger partial charge in [-0.2, -0.15) is 15.0 Å². The van der Waals surface area contributed by atoms with E-state index >= 15 is 0 Å². The number of fused-ring (bicyclic) bond motifs is 1. The van der Waals surface area contributed by atoms with Crippen molar-refractivity contribution >= 4 is 39.4 Å². The minimum atomic E-state index is -3.70.